The maximum atomic E-state index is 13.3. The third-order valence-electron chi connectivity index (χ3n) is 9.81. The summed E-state index contributed by atoms with van der Waals surface area (Å²) in [6.07, 6.45) is 10.8. The second-order valence-corrected chi connectivity index (χ2v) is 13.3. The van der Waals surface area contributed by atoms with Crippen LogP contribution in [0, 0.1) is 5.92 Å². The highest BCUT2D eigenvalue weighted by Crippen LogP contribution is 2.55. The summed E-state index contributed by atoms with van der Waals surface area (Å²) >= 11 is 0. The predicted molar refractivity (Wildman–Crippen MR) is 173 cm³/mol. The predicted octanol–water partition coefficient (Wildman–Crippen LogP) is 8.01. The Balaban J connectivity index is 0.00000353. The zero-order chi connectivity index (χ0) is 28.4. The molecule has 0 spiro atoms. The van der Waals surface area contributed by atoms with Crippen LogP contribution < -0.4 is 9.47 Å². The van der Waals surface area contributed by atoms with Crippen molar-refractivity contribution in [2.45, 2.75) is 96.5 Å². The van der Waals surface area contributed by atoms with Crippen LogP contribution in [0.1, 0.15) is 101 Å². The van der Waals surface area contributed by atoms with Gasteiger partial charge in [0.25, 0.3) is 0 Å². The molecule has 2 aromatic rings. The number of piperidine rings is 2. The zero-order valence-electron chi connectivity index (χ0n) is 25.8. The first-order chi connectivity index (χ1) is 19.9. The molecule has 2 bridgehead atoms. The lowest BCUT2D eigenvalue weighted by Crippen LogP contribution is -2.51. The molecule has 7 rings (SSSR count). The van der Waals surface area contributed by atoms with E-state index in [1.54, 1.807) is 0 Å². The van der Waals surface area contributed by atoms with E-state index in [-0.39, 0.29) is 18.4 Å². The van der Waals surface area contributed by atoms with Gasteiger partial charge in [-0.05, 0) is 126 Å². The van der Waals surface area contributed by atoms with Gasteiger partial charge in [0.05, 0.1) is 11.3 Å². The molecule has 0 saturated carbocycles. The topological polar surface area (TPSA) is 42.0 Å². The zero-order valence-corrected chi connectivity index (χ0v) is 26.6. The van der Waals surface area contributed by atoms with Crippen molar-refractivity contribution in [2.75, 3.05) is 32.7 Å². The number of hydrogen-bond donors (Lipinski definition) is 0. The Morgan fingerprint density at radius 2 is 1.76 bits per heavy atom. The normalized spacial score (nSPS) is 20.3. The van der Waals surface area contributed by atoms with Crippen LogP contribution >= 0.6 is 12.4 Å². The van der Waals surface area contributed by atoms with Gasteiger partial charge in [0.2, 0.25) is 0 Å². The summed E-state index contributed by atoms with van der Waals surface area (Å²) < 4.78 is 13.1. The Morgan fingerprint density at radius 3 is 2.50 bits per heavy atom. The Morgan fingerprint density at radius 1 is 1.02 bits per heavy atom. The highest BCUT2D eigenvalue weighted by molar-refractivity contribution is 5.86. The van der Waals surface area contributed by atoms with Gasteiger partial charge in [-0.25, -0.2) is 0 Å². The summed E-state index contributed by atoms with van der Waals surface area (Å²) in [5.74, 6) is 2.33. The molecule has 0 N–H and O–H groups in total. The number of rotatable bonds is 10. The fraction of sp³-hybridized carbons (Fsp3) is 0.583. The molecular weight excluding hydrogens is 544 g/mol. The number of carbonyl (C=O) groups excluding carboxylic acids is 1. The van der Waals surface area contributed by atoms with E-state index >= 15 is 0 Å². The van der Waals surface area contributed by atoms with E-state index in [1.807, 2.05) is 0 Å². The van der Waals surface area contributed by atoms with Crippen molar-refractivity contribution in [1.82, 2.24) is 9.80 Å². The molecule has 2 fully saturated rings. The molecule has 1 atom stereocenters. The Bertz CT molecular complexity index is 1260. The first-order valence-corrected chi connectivity index (χ1v) is 16.2. The van der Waals surface area contributed by atoms with Gasteiger partial charge in [0, 0.05) is 19.5 Å². The van der Waals surface area contributed by atoms with Crippen molar-refractivity contribution >= 4 is 23.9 Å². The molecule has 0 aliphatic carbocycles. The number of allylic oxidation sites excluding steroid dienone is 1. The smallest absolute Gasteiger partial charge is 0.311 e. The minimum atomic E-state index is -0.397. The highest BCUT2D eigenvalue weighted by atomic mass is 35.5. The Labute approximate surface area is 259 Å². The molecular formula is C36H49ClN2O3. The van der Waals surface area contributed by atoms with E-state index in [2.05, 4.69) is 73.0 Å². The minimum absolute atomic E-state index is 0. The lowest BCUT2D eigenvalue weighted by atomic mass is 9.73. The minimum Gasteiger partial charge on any atom is -0.481 e. The van der Waals surface area contributed by atoms with Crippen molar-refractivity contribution < 1.29 is 14.3 Å². The summed E-state index contributed by atoms with van der Waals surface area (Å²) in [6, 6.07) is 15.1. The number of carbonyl (C=O) groups is 1. The molecule has 6 heteroatoms. The lowest BCUT2D eigenvalue weighted by molar-refractivity contribution is -0.134. The quantitative estimate of drug-likeness (QED) is 0.206. The molecule has 42 heavy (non-hydrogen) atoms. The van der Waals surface area contributed by atoms with E-state index < -0.39 is 5.60 Å². The average molecular weight is 593 g/mol. The van der Waals surface area contributed by atoms with Gasteiger partial charge in [0.15, 0.2) is 0 Å². The van der Waals surface area contributed by atoms with Gasteiger partial charge in [-0.15, -0.1) is 12.4 Å². The number of benzene rings is 2. The van der Waals surface area contributed by atoms with E-state index in [1.165, 1.54) is 41.7 Å². The van der Waals surface area contributed by atoms with Crippen molar-refractivity contribution in [3.8, 4) is 11.5 Å². The van der Waals surface area contributed by atoms with E-state index in [9.17, 15) is 4.79 Å². The van der Waals surface area contributed by atoms with Gasteiger partial charge in [0.1, 0.15) is 17.1 Å². The molecule has 1 unspecified atom stereocenters. The van der Waals surface area contributed by atoms with Crippen LogP contribution in [0.4, 0.5) is 0 Å². The molecule has 2 saturated heterocycles. The number of esters is 1. The maximum Gasteiger partial charge on any atom is 0.311 e. The fourth-order valence-corrected chi connectivity index (χ4v) is 7.65. The molecule has 5 aliphatic heterocycles. The average Bonchev–Trinajstić information content (AvgIpc) is 2.98. The second kappa shape index (κ2) is 13.4. The van der Waals surface area contributed by atoms with Crippen LogP contribution in [0.3, 0.4) is 0 Å². The number of fused-ring (bicyclic) bond motifs is 3. The summed E-state index contributed by atoms with van der Waals surface area (Å²) in [7, 11) is 0. The molecule has 5 aliphatic rings. The van der Waals surface area contributed by atoms with Crippen LogP contribution in [-0.2, 0) is 11.2 Å². The van der Waals surface area contributed by atoms with E-state index in [4.69, 9.17) is 9.47 Å². The van der Waals surface area contributed by atoms with Crippen LogP contribution in [0.5, 0.6) is 11.5 Å². The van der Waals surface area contributed by atoms with Gasteiger partial charge in [-0.1, -0.05) is 43.7 Å². The largest absolute Gasteiger partial charge is 0.481 e. The second-order valence-electron chi connectivity index (χ2n) is 13.3. The maximum absolute atomic E-state index is 13.3. The van der Waals surface area contributed by atoms with Crippen molar-refractivity contribution in [3.63, 3.8) is 0 Å². The monoisotopic (exact) mass is 592 g/mol. The first-order valence-electron chi connectivity index (χ1n) is 16.2. The standard InChI is InChI=1S/C36H48N2O3.ClH/c1-26(12-10-15-27-13-6-4-7-14-27)29-24-30(40-32(39)16-11-21-37-19-8-5-9-20-37)34-31(25-29)41-36(2,3)35-33(34)28-17-22-38(35)23-18-28;/h4,6-7,13-14,24-26,28H,5,8-12,15-23H2,1-3H3;1H. The lowest BCUT2D eigenvalue weighted by Gasteiger charge is -2.51. The third kappa shape index (κ3) is 6.68. The van der Waals surface area contributed by atoms with E-state index in [0.717, 1.165) is 82.6 Å². The van der Waals surface area contributed by atoms with Gasteiger partial charge in [-0.2, -0.15) is 0 Å². The SMILES string of the molecule is CC(CCCc1ccccc1)c1cc(OC(=O)CCCN2CCCCC2)c2c(c1)OC(C)(C)C1=C2C2CCN1CC2.Cl. The summed E-state index contributed by atoms with van der Waals surface area (Å²) in [5, 5.41) is 0. The number of halogens is 1. The van der Waals surface area contributed by atoms with Crippen LogP contribution in [-0.4, -0.2) is 54.1 Å². The molecule has 0 radical (unpaired) electrons. The van der Waals surface area contributed by atoms with Crippen LogP contribution in [0.2, 0.25) is 0 Å². The number of likely N-dealkylation sites (tertiary alicyclic amines) is 1. The summed E-state index contributed by atoms with van der Waals surface area (Å²) in [5.41, 5.74) is 5.90. The Hall–Kier alpha value is -2.50. The Kier molecular flexibility index (Phi) is 9.89. The first kappa shape index (κ1) is 30.9. The number of nitrogens with zero attached hydrogens (tertiary/aromatic N) is 2. The number of ether oxygens (including phenoxy) is 2. The molecule has 0 aromatic heterocycles. The highest BCUT2D eigenvalue weighted by Gasteiger charge is 2.47. The van der Waals surface area contributed by atoms with Gasteiger partial charge >= 0.3 is 5.97 Å². The van der Waals surface area contributed by atoms with Gasteiger partial charge in [-0.3, -0.25) is 4.79 Å². The molecule has 5 nitrogen and oxygen atoms in total. The van der Waals surface area contributed by atoms with E-state index in [0.29, 0.717) is 24.0 Å². The van der Waals surface area contributed by atoms with Crippen molar-refractivity contribution in [1.29, 1.82) is 0 Å². The summed E-state index contributed by atoms with van der Waals surface area (Å²) in [4.78, 5) is 18.3. The fourth-order valence-electron chi connectivity index (χ4n) is 7.65. The molecule has 0 amide bonds. The number of aryl methyl sites for hydroxylation is 1. The van der Waals surface area contributed by atoms with Crippen molar-refractivity contribution in [2.24, 2.45) is 5.92 Å². The molecule has 228 valence electrons. The molecule has 5 heterocycles. The summed E-state index contributed by atoms with van der Waals surface area (Å²) in [6.45, 7) is 12.2. The third-order valence-corrected chi connectivity index (χ3v) is 9.81. The van der Waals surface area contributed by atoms with Crippen LogP contribution in [0.15, 0.2) is 48.2 Å². The van der Waals surface area contributed by atoms with Gasteiger partial charge < -0.3 is 19.3 Å². The van der Waals surface area contributed by atoms with Crippen LogP contribution in [0.25, 0.3) is 5.57 Å². The molecule has 2 aromatic carbocycles. The van der Waals surface area contributed by atoms with Crippen molar-refractivity contribution in [3.05, 3.63) is 64.9 Å². The number of hydrogen-bond acceptors (Lipinski definition) is 5.